The van der Waals surface area contributed by atoms with Crippen molar-refractivity contribution in [2.24, 2.45) is 0 Å². The first-order chi connectivity index (χ1) is 14.9. The standard InChI is InChI=1S/C20H16F2N4O3.C2H6/c1-11-18-14(21)8-13(28-17-6-3-7-24-25-17)9-16(18)29-20(27)26(11)10-12-4-2-5-15(23)19(12)22;1-2/h2-9,11H,10,23H2,1H3;1-2H3. The van der Waals surface area contributed by atoms with Crippen LogP contribution in [0, 0.1) is 11.6 Å². The van der Waals surface area contributed by atoms with Crippen LogP contribution in [0.3, 0.4) is 0 Å². The van der Waals surface area contributed by atoms with E-state index in [1.54, 1.807) is 25.1 Å². The molecule has 0 spiro atoms. The van der Waals surface area contributed by atoms with Crippen molar-refractivity contribution in [3.63, 3.8) is 0 Å². The fourth-order valence-corrected chi connectivity index (χ4v) is 3.15. The predicted molar refractivity (Wildman–Crippen MR) is 111 cm³/mol. The molecule has 7 nitrogen and oxygen atoms in total. The number of nitrogens with zero attached hydrogens (tertiary/aromatic N) is 3. The third kappa shape index (κ3) is 4.55. The fourth-order valence-electron chi connectivity index (χ4n) is 3.15. The van der Waals surface area contributed by atoms with E-state index in [0.717, 1.165) is 0 Å². The molecule has 2 heterocycles. The zero-order chi connectivity index (χ0) is 22.5. The number of anilines is 1. The molecule has 0 saturated carbocycles. The highest BCUT2D eigenvalue weighted by atomic mass is 19.1. The number of carbonyl (C=O) groups is 1. The Labute approximate surface area is 178 Å². The van der Waals surface area contributed by atoms with Crippen LogP contribution in [-0.2, 0) is 6.54 Å². The summed E-state index contributed by atoms with van der Waals surface area (Å²) < 4.78 is 39.8. The molecule has 1 aromatic heterocycles. The van der Waals surface area contributed by atoms with Crippen molar-refractivity contribution in [2.75, 3.05) is 5.73 Å². The average molecular weight is 428 g/mol. The van der Waals surface area contributed by atoms with Crippen molar-refractivity contribution in [1.82, 2.24) is 15.1 Å². The van der Waals surface area contributed by atoms with Gasteiger partial charge in [-0.05, 0) is 19.1 Å². The van der Waals surface area contributed by atoms with Gasteiger partial charge in [-0.25, -0.2) is 13.6 Å². The monoisotopic (exact) mass is 428 g/mol. The van der Waals surface area contributed by atoms with Crippen LogP contribution in [0.4, 0.5) is 19.3 Å². The van der Waals surface area contributed by atoms with Crippen molar-refractivity contribution in [3.05, 3.63) is 71.4 Å². The van der Waals surface area contributed by atoms with E-state index in [2.05, 4.69) is 10.2 Å². The number of fused-ring (bicyclic) bond motifs is 1. The van der Waals surface area contributed by atoms with Crippen LogP contribution in [0.25, 0.3) is 0 Å². The number of aromatic nitrogens is 2. The SMILES string of the molecule is CC.CC1c2c(F)cc(Oc3cccnn3)cc2OC(=O)N1Cc1cccc(N)c1F. The molecule has 0 radical (unpaired) electrons. The minimum Gasteiger partial charge on any atom is -0.437 e. The number of amides is 1. The Kier molecular flexibility index (Phi) is 6.64. The van der Waals surface area contributed by atoms with Gasteiger partial charge in [0.1, 0.15) is 17.3 Å². The zero-order valence-corrected chi connectivity index (χ0v) is 17.3. The maximum absolute atomic E-state index is 14.8. The Morgan fingerprint density at radius 3 is 2.68 bits per heavy atom. The summed E-state index contributed by atoms with van der Waals surface area (Å²) in [4.78, 5) is 13.7. The van der Waals surface area contributed by atoms with Gasteiger partial charge in [-0.15, -0.1) is 5.10 Å². The maximum atomic E-state index is 14.8. The summed E-state index contributed by atoms with van der Waals surface area (Å²) in [5.41, 5.74) is 5.93. The van der Waals surface area contributed by atoms with E-state index >= 15 is 0 Å². The molecule has 3 aromatic rings. The molecule has 162 valence electrons. The first-order valence-corrected chi connectivity index (χ1v) is 9.74. The lowest BCUT2D eigenvalue weighted by atomic mass is 10.0. The van der Waals surface area contributed by atoms with Gasteiger partial charge in [0.2, 0.25) is 5.88 Å². The summed E-state index contributed by atoms with van der Waals surface area (Å²) in [5, 5.41) is 7.44. The molecule has 0 bridgehead atoms. The van der Waals surface area contributed by atoms with Gasteiger partial charge >= 0.3 is 6.09 Å². The van der Waals surface area contributed by atoms with E-state index in [9.17, 15) is 13.6 Å². The van der Waals surface area contributed by atoms with Gasteiger partial charge in [0.15, 0.2) is 5.82 Å². The van der Waals surface area contributed by atoms with Crippen molar-refractivity contribution in [3.8, 4) is 17.4 Å². The molecule has 31 heavy (non-hydrogen) atoms. The number of halogens is 2. The van der Waals surface area contributed by atoms with Crippen LogP contribution in [0.15, 0.2) is 48.7 Å². The fraction of sp³-hybridized carbons (Fsp3) is 0.227. The highest BCUT2D eigenvalue weighted by Crippen LogP contribution is 2.40. The van der Waals surface area contributed by atoms with E-state index in [4.69, 9.17) is 15.2 Å². The Hall–Kier alpha value is -3.75. The minimum atomic E-state index is -0.733. The molecule has 0 saturated heterocycles. The van der Waals surface area contributed by atoms with E-state index in [1.807, 2.05) is 13.8 Å². The Morgan fingerprint density at radius 2 is 1.97 bits per heavy atom. The van der Waals surface area contributed by atoms with Gasteiger partial charge in [0.05, 0.1) is 23.8 Å². The molecule has 4 rings (SSSR count). The molecule has 2 N–H and O–H groups in total. The molecule has 2 aromatic carbocycles. The second kappa shape index (κ2) is 9.38. The van der Waals surface area contributed by atoms with Crippen LogP contribution in [0.2, 0.25) is 0 Å². The normalized spacial score (nSPS) is 14.8. The maximum Gasteiger partial charge on any atom is 0.416 e. The molecule has 9 heteroatoms. The predicted octanol–water partition coefficient (Wildman–Crippen LogP) is 5.23. The molecule has 1 atom stereocenters. The van der Waals surface area contributed by atoms with Gasteiger partial charge in [-0.1, -0.05) is 26.0 Å². The van der Waals surface area contributed by atoms with Crippen LogP contribution in [-0.4, -0.2) is 21.2 Å². The van der Waals surface area contributed by atoms with Gasteiger partial charge in [-0.2, -0.15) is 5.10 Å². The summed E-state index contributed by atoms with van der Waals surface area (Å²) >= 11 is 0. The summed E-state index contributed by atoms with van der Waals surface area (Å²) in [6.07, 6.45) is 0.740. The number of ether oxygens (including phenoxy) is 2. The van der Waals surface area contributed by atoms with E-state index in [0.29, 0.717) is 0 Å². The van der Waals surface area contributed by atoms with Crippen LogP contribution in [0.5, 0.6) is 17.4 Å². The summed E-state index contributed by atoms with van der Waals surface area (Å²) in [5.74, 6) is -0.936. The number of nitrogen functional groups attached to an aromatic ring is 1. The van der Waals surface area contributed by atoms with Crippen LogP contribution in [0.1, 0.15) is 37.9 Å². The molecular formula is C22H22F2N4O3. The first kappa shape index (κ1) is 21.9. The van der Waals surface area contributed by atoms with Crippen molar-refractivity contribution in [2.45, 2.75) is 33.4 Å². The van der Waals surface area contributed by atoms with E-state index in [-0.39, 0.29) is 40.7 Å². The smallest absolute Gasteiger partial charge is 0.416 e. The lowest BCUT2D eigenvalue weighted by Gasteiger charge is -2.34. The second-order valence-corrected chi connectivity index (χ2v) is 6.47. The third-order valence-electron chi connectivity index (χ3n) is 4.60. The molecular weight excluding hydrogens is 406 g/mol. The number of carbonyl (C=O) groups excluding carboxylic acids is 1. The van der Waals surface area contributed by atoms with Crippen molar-refractivity contribution < 1.29 is 23.0 Å². The quantitative estimate of drug-likeness (QED) is 0.572. The molecule has 0 aliphatic carbocycles. The molecule has 1 aliphatic rings. The Bertz CT molecular complexity index is 1080. The summed E-state index contributed by atoms with van der Waals surface area (Å²) in [7, 11) is 0. The van der Waals surface area contributed by atoms with Gasteiger partial charge in [0.25, 0.3) is 0 Å². The number of nitrogens with two attached hydrogens (primary N) is 1. The number of hydrogen-bond acceptors (Lipinski definition) is 6. The summed E-state index contributed by atoms with van der Waals surface area (Å²) in [6.45, 7) is 5.52. The minimum absolute atomic E-state index is 0.0297. The Balaban J connectivity index is 0.00000132. The van der Waals surface area contributed by atoms with Crippen LogP contribution < -0.4 is 15.2 Å². The average Bonchev–Trinajstić information content (AvgIpc) is 2.75. The van der Waals surface area contributed by atoms with Gasteiger partial charge in [-0.3, -0.25) is 4.90 Å². The summed E-state index contributed by atoms with van der Waals surface area (Å²) in [6, 6.07) is 9.56. The van der Waals surface area contributed by atoms with Crippen molar-refractivity contribution >= 4 is 11.8 Å². The second-order valence-electron chi connectivity index (χ2n) is 6.47. The topological polar surface area (TPSA) is 90.6 Å². The van der Waals surface area contributed by atoms with Crippen LogP contribution >= 0.6 is 0 Å². The molecule has 1 amide bonds. The highest BCUT2D eigenvalue weighted by molar-refractivity contribution is 5.75. The molecule has 1 unspecified atom stereocenters. The van der Waals surface area contributed by atoms with Gasteiger partial charge < -0.3 is 15.2 Å². The zero-order valence-electron chi connectivity index (χ0n) is 17.3. The van der Waals surface area contributed by atoms with E-state index < -0.39 is 23.8 Å². The first-order valence-electron chi connectivity index (χ1n) is 9.74. The van der Waals surface area contributed by atoms with E-state index in [1.165, 1.54) is 35.4 Å². The van der Waals surface area contributed by atoms with Crippen molar-refractivity contribution in [1.29, 1.82) is 0 Å². The third-order valence-corrected chi connectivity index (χ3v) is 4.60. The Morgan fingerprint density at radius 1 is 1.19 bits per heavy atom. The lowest BCUT2D eigenvalue weighted by Crippen LogP contribution is -2.40. The molecule has 0 fully saturated rings. The number of rotatable bonds is 4. The number of benzene rings is 2. The lowest BCUT2D eigenvalue weighted by molar-refractivity contribution is 0.114. The molecule has 1 aliphatic heterocycles. The van der Waals surface area contributed by atoms with Gasteiger partial charge in [0, 0.05) is 30.0 Å². The highest BCUT2D eigenvalue weighted by Gasteiger charge is 2.35. The largest absolute Gasteiger partial charge is 0.437 e. The number of hydrogen-bond donors (Lipinski definition) is 1.